The van der Waals surface area contributed by atoms with Crippen LogP contribution < -0.4 is 15.4 Å². The Morgan fingerprint density at radius 3 is 2.65 bits per heavy atom. The minimum absolute atomic E-state index is 0.0424. The molecule has 12 nitrogen and oxygen atoms in total. The molecule has 3 N–H and O–H groups in total. The summed E-state index contributed by atoms with van der Waals surface area (Å²) in [4.78, 5) is 38.6. The molecule has 0 aliphatic carbocycles. The van der Waals surface area contributed by atoms with Crippen LogP contribution in [0.2, 0.25) is 0 Å². The summed E-state index contributed by atoms with van der Waals surface area (Å²) in [6, 6.07) is 9.64. The van der Waals surface area contributed by atoms with Gasteiger partial charge in [0.05, 0.1) is 23.9 Å². The minimum atomic E-state index is -1.20. The Morgan fingerprint density at radius 1 is 1.13 bits per heavy atom. The number of benzene rings is 2. The van der Waals surface area contributed by atoms with Crippen molar-refractivity contribution in [3.63, 3.8) is 0 Å². The number of rotatable bonds is 7. The number of hydrogen-bond acceptors (Lipinski definition) is 9. The Kier molecular flexibility index (Phi) is 8.78. The number of carbonyl (C=O) groups excluding carboxylic acids is 2. The van der Waals surface area contributed by atoms with Crippen LogP contribution in [-0.2, 0) is 4.79 Å². The molecule has 2 saturated heterocycles. The molecule has 0 radical (unpaired) electrons. The Morgan fingerprint density at radius 2 is 1.91 bits per heavy atom. The number of piperidine rings is 1. The van der Waals surface area contributed by atoms with Gasteiger partial charge in [0.2, 0.25) is 11.7 Å². The van der Waals surface area contributed by atoms with Crippen molar-refractivity contribution in [2.45, 2.75) is 19.4 Å². The molecule has 0 bridgehead atoms. The van der Waals surface area contributed by atoms with Crippen LogP contribution in [0.25, 0.3) is 16.9 Å². The number of hydrogen-bond donors (Lipinski definition) is 3. The van der Waals surface area contributed by atoms with E-state index in [2.05, 4.69) is 20.6 Å². The summed E-state index contributed by atoms with van der Waals surface area (Å²) in [5.74, 6) is -2.93. The van der Waals surface area contributed by atoms with Crippen LogP contribution in [-0.4, -0.2) is 93.1 Å². The van der Waals surface area contributed by atoms with Gasteiger partial charge in [-0.2, -0.15) is 9.65 Å². The molecule has 14 heteroatoms. The molecule has 0 unspecified atom stereocenters. The molecule has 2 aliphatic heterocycles. The molecule has 4 heterocycles. The number of amides is 2. The molecule has 2 atom stereocenters. The van der Waals surface area contributed by atoms with Gasteiger partial charge in [-0.3, -0.25) is 14.0 Å². The molecule has 6 rings (SSSR count). The number of halogens is 2. The summed E-state index contributed by atoms with van der Waals surface area (Å²) in [6.45, 7) is 4.16. The number of β-amino-alcohol motifs (C(OH)–C–C–N with tert-alkyl or cyclic N) is 1. The highest BCUT2D eigenvalue weighted by atomic mass is 19.2. The summed E-state index contributed by atoms with van der Waals surface area (Å²) in [6.07, 6.45) is 4.38. The van der Waals surface area contributed by atoms with Crippen LogP contribution in [0.5, 0.6) is 5.75 Å². The number of fused-ring (bicyclic) bond motifs is 1. The van der Waals surface area contributed by atoms with Gasteiger partial charge in [0, 0.05) is 61.9 Å². The monoisotopic (exact) mass is 630 g/mol. The second-order valence-electron chi connectivity index (χ2n) is 11.2. The van der Waals surface area contributed by atoms with Crippen molar-refractivity contribution in [2.24, 2.45) is 5.92 Å². The van der Waals surface area contributed by atoms with Gasteiger partial charge < -0.3 is 30.3 Å². The highest BCUT2D eigenvalue weighted by Crippen LogP contribution is 2.32. The molecular formula is C32H32F2N8O4. The molecular weight excluding hydrogens is 598 g/mol. The maximum Gasteiger partial charge on any atom is 0.254 e. The van der Waals surface area contributed by atoms with Crippen molar-refractivity contribution in [1.82, 2.24) is 29.5 Å². The third kappa shape index (κ3) is 5.94. The molecule has 0 saturated carbocycles. The minimum Gasteiger partial charge on any atom is -0.476 e. The van der Waals surface area contributed by atoms with Gasteiger partial charge in [0.1, 0.15) is 6.07 Å². The number of nitriles is 1. The number of piperazine rings is 1. The van der Waals surface area contributed by atoms with E-state index in [1.807, 2.05) is 13.0 Å². The lowest BCUT2D eigenvalue weighted by Gasteiger charge is -2.38. The lowest BCUT2D eigenvalue weighted by molar-refractivity contribution is -0.141. The molecule has 2 aliphatic rings. The number of nitrogens with one attached hydrogen (secondary N) is 2. The Hall–Kier alpha value is -5.13. The molecule has 2 fully saturated rings. The summed E-state index contributed by atoms with van der Waals surface area (Å²) >= 11 is 0. The van der Waals surface area contributed by atoms with Crippen molar-refractivity contribution in [1.29, 1.82) is 5.26 Å². The van der Waals surface area contributed by atoms with Gasteiger partial charge in [-0.15, -0.1) is 0 Å². The summed E-state index contributed by atoms with van der Waals surface area (Å²) in [5, 5.41) is 25.2. The predicted molar refractivity (Wildman–Crippen MR) is 163 cm³/mol. The van der Waals surface area contributed by atoms with Crippen molar-refractivity contribution in [2.75, 3.05) is 51.2 Å². The van der Waals surface area contributed by atoms with E-state index in [9.17, 15) is 23.5 Å². The fourth-order valence-electron chi connectivity index (χ4n) is 5.94. The third-order valence-electron chi connectivity index (χ3n) is 8.41. The van der Waals surface area contributed by atoms with Gasteiger partial charge in [0.15, 0.2) is 29.6 Å². The lowest BCUT2D eigenvalue weighted by atomic mass is 9.93. The van der Waals surface area contributed by atoms with E-state index in [-0.39, 0.29) is 28.8 Å². The Labute approximate surface area is 263 Å². The highest BCUT2D eigenvalue weighted by molar-refractivity contribution is 5.96. The number of aliphatic hydroxyl groups excluding tert-OH is 1. The van der Waals surface area contributed by atoms with Crippen molar-refractivity contribution in [3.8, 4) is 23.1 Å². The summed E-state index contributed by atoms with van der Waals surface area (Å²) < 4.78 is 36.1. The van der Waals surface area contributed by atoms with E-state index in [4.69, 9.17) is 10.00 Å². The number of aryl methyl sites for hydroxylation is 1. The van der Waals surface area contributed by atoms with E-state index in [1.165, 1.54) is 24.5 Å². The SMILES string of the molecule is Cc1cc(Nc2nccn3c(-c4ccc(OCC#N)c(F)c4F)cnc23)ccc1C(=O)N1CCN(C(=O)[C@@H]2CCNC[C@H]2O)CC1. The molecule has 4 aromatic rings. The van der Waals surface area contributed by atoms with Crippen LogP contribution in [0.15, 0.2) is 48.9 Å². The first-order valence-electron chi connectivity index (χ1n) is 14.9. The third-order valence-corrected chi connectivity index (χ3v) is 8.41. The topological polar surface area (TPSA) is 148 Å². The maximum atomic E-state index is 15.0. The van der Waals surface area contributed by atoms with E-state index >= 15 is 0 Å². The largest absolute Gasteiger partial charge is 0.476 e. The molecule has 2 aromatic heterocycles. The van der Waals surface area contributed by atoms with Gasteiger partial charge in [-0.25, -0.2) is 14.4 Å². The second kappa shape index (κ2) is 13.1. The molecule has 0 spiro atoms. The second-order valence-corrected chi connectivity index (χ2v) is 11.2. The first-order valence-corrected chi connectivity index (χ1v) is 14.9. The standard InChI is InChI=1S/C32H32F2N8O4/c1-19-16-20(2-3-21(19)31(44)40-11-13-41(14-12-40)32(45)23-6-8-36-18-25(23)43)39-29-30-38-17-24(42(30)10-9-37-29)22-4-5-26(46-15-7-35)28(34)27(22)33/h2-5,9-10,16-17,23,25,36,43H,6,8,11-15,18H2,1H3,(H,37,39)/t23-,25-/m1/s1. The molecule has 46 heavy (non-hydrogen) atoms. The van der Waals surface area contributed by atoms with E-state index in [0.717, 1.165) is 5.56 Å². The van der Waals surface area contributed by atoms with Gasteiger partial charge >= 0.3 is 0 Å². The first-order chi connectivity index (χ1) is 22.3. The fraction of sp³-hybridized carbons (Fsp3) is 0.344. The van der Waals surface area contributed by atoms with E-state index < -0.39 is 30.3 Å². The summed E-state index contributed by atoms with van der Waals surface area (Å²) in [7, 11) is 0. The molecule has 238 valence electrons. The van der Waals surface area contributed by atoms with Crippen LogP contribution >= 0.6 is 0 Å². The van der Waals surface area contributed by atoms with Crippen molar-refractivity contribution >= 4 is 29.0 Å². The number of nitrogens with zero attached hydrogens (tertiary/aromatic N) is 6. The molecule has 2 amide bonds. The maximum absolute atomic E-state index is 15.0. The number of carbonyl (C=O) groups is 2. The lowest BCUT2D eigenvalue weighted by Crippen LogP contribution is -2.55. The number of ether oxygens (including phenoxy) is 1. The quantitative estimate of drug-likeness (QED) is 0.280. The number of imidazole rings is 1. The zero-order chi connectivity index (χ0) is 32.4. The zero-order valence-corrected chi connectivity index (χ0v) is 25.0. The fourth-order valence-corrected chi connectivity index (χ4v) is 5.94. The van der Waals surface area contributed by atoms with Gasteiger partial charge in [-0.05, 0) is 55.8 Å². The average molecular weight is 631 g/mol. The zero-order valence-electron chi connectivity index (χ0n) is 25.0. The number of aliphatic hydroxyl groups is 1. The van der Waals surface area contributed by atoms with Gasteiger partial charge in [-0.1, -0.05) is 0 Å². The van der Waals surface area contributed by atoms with Crippen LogP contribution in [0.3, 0.4) is 0 Å². The van der Waals surface area contributed by atoms with Crippen LogP contribution in [0, 0.1) is 35.8 Å². The molecule has 2 aromatic carbocycles. The Bertz CT molecular complexity index is 1830. The van der Waals surface area contributed by atoms with E-state index in [0.29, 0.717) is 68.4 Å². The highest BCUT2D eigenvalue weighted by Gasteiger charge is 2.34. The smallest absolute Gasteiger partial charge is 0.254 e. The Balaban J connectivity index is 1.14. The summed E-state index contributed by atoms with van der Waals surface area (Å²) in [5.41, 5.74) is 2.52. The predicted octanol–water partition coefficient (Wildman–Crippen LogP) is 2.88. The normalized spacial score (nSPS) is 18.3. The number of anilines is 2. The van der Waals surface area contributed by atoms with Gasteiger partial charge in [0.25, 0.3) is 5.91 Å². The van der Waals surface area contributed by atoms with E-state index in [1.54, 1.807) is 38.6 Å². The van der Waals surface area contributed by atoms with Crippen molar-refractivity contribution < 1.29 is 28.2 Å². The first kappa shape index (κ1) is 30.9. The van der Waals surface area contributed by atoms with Crippen LogP contribution in [0.4, 0.5) is 20.3 Å². The van der Waals surface area contributed by atoms with Crippen LogP contribution in [0.1, 0.15) is 22.3 Å². The van der Waals surface area contributed by atoms with Crippen molar-refractivity contribution in [3.05, 3.63) is 71.7 Å². The average Bonchev–Trinajstić information content (AvgIpc) is 3.50. The number of aromatic nitrogens is 3.